The molecule has 212 valence electrons. The fourth-order valence-electron chi connectivity index (χ4n) is 4.95. The van der Waals surface area contributed by atoms with Gasteiger partial charge < -0.3 is 0 Å². The van der Waals surface area contributed by atoms with E-state index in [1.54, 1.807) is 0 Å². The molecular weight excluding hydrogens is 552 g/mol. The van der Waals surface area contributed by atoms with Crippen LogP contribution in [-0.4, -0.2) is 4.31 Å². The van der Waals surface area contributed by atoms with Gasteiger partial charge in [0.25, 0.3) is 0 Å². The Hall–Kier alpha value is -4.36. The molecule has 1 heteroatoms. The van der Waals surface area contributed by atoms with Crippen LogP contribution in [0.1, 0.15) is 40.3 Å². The summed E-state index contributed by atoms with van der Waals surface area (Å²) < 4.78 is 2.00. The van der Waals surface area contributed by atoms with Gasteiger partial charge in [-0.2, -0.15) is 109 Å². The molecule has 0 amide bonds. The fraction of sp³-hybridized carbons (Fsp3) is 0.0714. The van der Waals surface area contributed by atoms with Gasteiger partial charge in [-0.3, -0.25) is 0 Å². The first kappa shape index (κ1) is 31.6. The van der Waals surface area contributed by atoms with E-state index in [4.69, 9.17) is 0 Å². The van der Waals surface area contributed by atoms with E-state index < -0.39 is 0 Å². The average molecular weight is 589 g/mol. The van der Waals surface area contributed by atoms with Crippen LogP contribution in [0, 0.1) is 26.0 Å². The molecule has 6 aromatic carbocycles. The zero-order valence-electron chi connectivity index (χ0n) is 24.8. The molecule has 0 aliphatic heterocycles. The van der Waals surface area contributed by atoms with Gasteiger partial charge in [0, 0.05) is 0 Å². The molecule has 2 aliphatic carbocycles. The molecule has 0 unspecified atom stereocenters. The summed E-state index contributed by atoms with van der Waals surface area (Å²) in [5.41, 5.74) is 13.2. The third kappa shape index (κ3) is 9.32. The van der Waals surface area contributed by atoms with Gasteiger partial charge in [-0.15, -0.1) is 35.4 Å². The van der Waals surface area contributed by atoms with Crippen molar-refractivity contribution >= 4 is 4.31 Å². The molecule has 0 atom stereocenters. The van der Waals surface area contributed by atoms with Crippen molar-refractivity contribution in [3.63, 3.8) is 0 Å². The minimum absolute atomic E-state index is 1.05. The number of hydrogen-bond acceptors (Lipinski definition) is 0. The SMILES string of the molecule is C[CH]=[Ti].[CH2-]c1ccccc1.[CH2-]c1ccccc1.[c-]1cccc2c1Cc1ccccc1-2.[c-]1cccc2c1Cc1ccccc1-2. The molecule has 0 spiro atoms. The smallest absolute Gasteiger partial charge is 0.0253 e. The summed E-state index contributed by atoms with van der Waals surface area (Å²) in [5.74, 6) is 0. The summed E-state index contributed by atoms with van der Waals surface area (Å²) >= 11 is 2.00. The summed E-state index contributed by atoms with van der Waals surface area (Å²) in [6.07, 6.45) is 2.10. The molecule has 0 nitrogen and oxygen atoms in total. The third-order valence-electron chi connectivity index (χ3n) is 6.92. The zero-order chi connectivity index (χ0) is 30.3. The van der Waals surface area contributed by atoms with Gasteiger partial charge in [-0.05, 0) is 12.8 Å². The maximum Gasteiger partial charge on any atom is -0.0253 e. The zero-order valence-corrected chi connectivity index (χ0v) is 26.3. The van der Waals surface area contributed by atoms with E-state index in [1.165, 1.54) is 44.5 Å². The monoisotopic (exact) mass is 588 g/mol. The van der Waals surface area contributed by atoms with Gasteiger partial charge in [-0.1, -0.05) is 82.9 Å². The Balaban J connectivity index is 0.000000132. The van der Waals surface area contributed by atoms with Gasteiger partial charge in [-0.25, -0.2) is 0 Å². The standard InChI is InChI=1S/2C13H9.2C7H7.C2H4.Ti/c2*1-3-7-12-10(5-1)9-11-6-2-4-8-13(11)12;2*1-7-5-3-2-4-6-7;1-2;/h2*1-5,7-8H,9H2;2*2-6H,1H2;1H,2H3;/q4*-1;;. The number of rotatable bonds is 0. The average Bonchev–Trinajstić information content (AvgIpc) is 3.62. The molecule has 0 heterocycles. The molecule has 0 saturated carbocycles. The molecule has 0 N–H and O–H groups in total. The van der Waals surface area contributed by atoms with Crippen molar-refractivity contribution < 1.29 is 20.0 Å². The molecule has 2 aliphatic rings. The summed E-state index contributed by atoms with van der Waals surface area (Å²) in [5, 5.41) is 0. The summed E-state index contributed by atoms with van der Waals surface area (Å²) in [7, 11) is 0. The molecular formula is C42H36Ti-4. The van der Waals surface area contributed by atoms with Crippen molar-refractivity contribution in [2.45, 2.75) is 19.8 Å². The summed E-state index contributed by atoms with van der Waals surface area (Å²) in [6.45, 7) is 9.44. The predicted molar refractivity (Wildman–Crippen MR) is 181 cm³/mol. The minimum atomic E-state index is 1.05. The first-order valence-electron chi connectivity index (χ1n) is 14.5. The van der Waals surface area contributed by atoms with Crippen molar-refractivity contribution in [3.05, 3.63) is 205 Å². The van der Waals surface area contributed by atoms with Crippen LogP contribution in [0.3, 0.4) is 0 Å². The Bertz CT molecular complexity index is 1490. The van der Waals surface area contributed by atoms with Gasteiger partial charge >= 0.3 is 31.2 Å². The van der Waals surface area contributed by atoms with Crippen LogP contribution < -0.4 is 0 Å². The van der Waals surface area contributed by atoms with Gasteiger partial charge in [0.15, 0.2) is 0 Å². The molecule has 6 aromatic rings. The maximum atomic E-state index is 3.72. The van der Waals surface area contributed by atoms with Gasteiger partial charge in [0.1, 0.15) is 0 Å². The van der Waals surface area contributed by atoms with Crippen LogP contribution in [0.4, 0.5) is 0 Å². The van der Waals surface area contributed by atoms with E-state index in [-0.39, 0.29) is 0 Å². The van der Waals surface area contributed by atoms with E-state index in [1.807, 2.05) is 104 Å². The number of fused-ring (bicyclic) bond motifs is 6. The van der Waals surface area contributed by atoms with Gasteiger partial charge in [0.05, 0.1) is 0 Å². The second-order valence-electron chi connectivity index (χ2n) is 10.1. The number of benzene rings is 6. The second kappa shape index (κ2) is 16.9. The second-order valence-corrected chi connectivity index (χ2v) is 11.0. The molecule has 8 rings (SSSR count). The van der Waals surface area contributed by atoms with E-state index in [0.29, 0.717) is 0 Å². The van der Waals surface area contributed by atoms with Gasteiger partial charge in [0.2, 0.25) is 0 Å². The Kier molecular flexibility index (Phi) is 12.4. The van der Waals surface area contributed by atoms with Crippen LogP contribution in [0.25, 0.3) is 22.3 Å². The van der Waals surface area contributed by atoms with E-state index in [2.05, 4.69) is 98.8 Å². The number of hydrogen-bond donors (Lipinski definition) is 0. The fourth-order valence-corrected chi connectivity index (χ4v) is 4.95. The van der Waals surface area contributed by atoms with Crippen LogP contribution in [0.2, 0.25) is 0 Å². The van der Waals surface area contributed by atoms with Crippen LogP contribution in [-0.2, 0) is 32.8 Å². The Morgan fingerprint density at radius 1 is 0.488 bits per heavy atom. The minimum Gasteiger partial charge on any atom is -0.199 e. The predicted octanol–water partition coefficient (Wildman–Crippen LogP) is 10.2. The van der Waals surface area contributed by atoms with Crippen LogP contribution >= 0.6 is 0 Å². The van der Waals surface area contributed by atoms with Crippen molar-refractivity contribution in [2.24, 2.45) is 0 Å². The largest absolute Gasteiger partial charge is 0.199 e. The van der Waals surface area contributed by atoms with E-state index in [9.17, 15) is 0 Å². The normalized spacial score (nSPS) is 10.5. The van der Waals surface area contributed by atoms with Crippen LogP contribution in [0.5, 0.6) is 0 Å². The quantitative estimate of drug-likeness (QED) is 0.122. The maximum absolute atomic E-state index is 3.72. The molecule has 0 saturated heterocycles. The Morgan fingerprint density at radius 3 is 1.16 bits per heavy atom. The van der Waals surface area contributed by atoms with E-state index >= 15 is 0 Å². The van der Waals surface area contributed by atoms with Crippen LogP contribution in [0.15, 0.2) is 146 Å². The molecule has 0 aromatic heterocycles. The molecule has 43 heavy (non-hydrogen) atoms. The Morgan fingerprint density at radius 2 is 0.814 bits per heavy atom. The first-order chi connectivity index (χ1) is 21.1. The van der Waals surface area contributed by atoms with Crippen molar-refractivity contribution in [3.8, 4) is 22.3 Å². The topological polar surface area (TPSA) is 0 Å². The summed E-state index contributed by atoms with van der Waals surface area (Å²) in [6, 6.07) is 56.0. The van der Waals surface area contributed by atoms with E-state index in [0.717, 1.165) is 24.0 Å². The third-order valence-corrected chi connectivity index (χ3v) is 6.92. The first-order valence-corrected chi connectivity index (χ1v) is 15.4. The molecule has 0 bridgehead atoms. The molecule has 0 radical (unpaired) electrons. The molecule has 0 fully saturated rings. The van der Waals surface area contributed by atoms with Crippen molar-refractivity contribution in [1.82, 2.24) is 0 Å². The summed E-state index contributed by atoms with van der Waals surface area (Å²) in [4.78, 5) is 0. The van der Waals surface area contributed by atoms with Crippen molar-refractivity contribution in [1.29, 1.82) is 0 Å². The van der Waals surface area contributed by atoms with Crippen molar-refractivity contribution in [2.75, 3.05) is 0 Å². The Labute approximate surface area is 270 Å².